The fourth-order valence-electron chi connectivity index (χ4n) is 3.99. The number of sulfonamides is 1. The van der Waals surface area contributed by atoms with Crippen LogP contribution in [0.25, 0.3) is 0 Å². The molecule has 1 unspecified atom stereocenters. The Labute approximate surface area is 189 Å². The second-order valence-corrected chi connectivity index (χ2v) is 9.81. The maximum absolute atomic E-state index is 12.4. The van der Waals surface area contributed by atoms with Crippen LogP contribution in [0.5, 0.6) is 5.75 Å². The van der Waals surface area contributed by atoms with E-state index in [4.69, 9.17) is 4.74 Å². The highest BCUT2D eigenvalue weighted by atomic mass is 32.2. The molecule has 2 N–H and O–H groups in total. The summed E-state index contributed by atoms with van der Waals surface area (Å²) in [7, 11) is -2.21. The minimum Gasteiger partial charge on any atom is -0.496 e. The molecule has 1 aliphatic rings. The normalized spacial score (nSPS) is 15.6. The van der Waals surface area contributed by atoms with Crippen molar-refractivity contribution < 1.29 is 18.1 Å². The van der Waals surface area contributed by atoms with Gasteiger partial charge in [-0.3, -0.25) is 15.0 Å². The van der Waals surface area contributed by atoms with Gasteiger partial charge in [-0.05, 0) is 58.0 Å². The second-order valence-electron chi connectivity index (χ2n) is 8.09. The Morgan fingerprint density at radius 3 is 2.47 bits per heavy atom. The zero-order valence-corrected chi connectivity index (χ0v) is 19.4. The van der Waals surface area contributed by atoms with E-state index in [0.717, 1.165) is 43.3 Å². The van der Waals surface area contributed by atoms with E-state index in [1.807, 2.05) is 24.3 Å². The Balaban J connectivity index is 1.89. The van der Waals surface area contributed by atoms with Gasteiger partial charge in [0.25, 0.3) is 5.69 Å². The van der Waals surface area contributed by atoms with Gasteiger partial charge < -0.3 is 10.1 Å². The molecule has 2 aromatic carbocycles. The van der Waals surface area contributed by atoms with Crippen LogP contribution < -0.4 is 14.8 Å². The van der Waals surface area contributed by atoms with Crippen LogP contribution in [0.3, 0.4) is 0 Å². The molecule has 1 heterocycles. The molecule has 0 saturated carbocycles. The van der Waals surface area contributed by atoms with Crippen molar-refractivity contribution in [2.45, 2.75) is 43.7 Å². The molecule has 1 fully saturated rings. The molecule has 10 heteroatoms. The lowest BCUT2D eigenvalue weighted by Crippen LogP contribution is -2.31. The molecule has 1 atom stereocenters. The third-order valence-corrected chi connectivity index (χ3v) is 7.09. The Morgan fingerprint density at radius 2 is 1.84 bits per heavy atom. The van der Waals surface area contributed by atoms with Crippen molar-refractivity contribution in [3.63, 3.8) is 0 Å². The highest BCUT2D eigenvalue weighted by Crippen LogP contribution is 2.34. The summed E-state index contributed by atoms with van der Waals surface area (Å²) in [4.78, 5) is 13.4. The zero-order chi connectivity index (χ0) is 23.3. The summed E-state index contributed by atoms with van der Waals surface area (Å²) in [6.45, 7) is 5.67. The minimum absolute atomic E-state index is 0.0423. The fraction of sp³-hybridized carbons (Fsp3) is 0.455. The number of nitrogens with one attached hydrogen (secondary N) is 2. The van der Waals surface area contributed by atoms with E-state index in [1.54, 1.807) is 21.0 Å². The van der Waals surface area contributed by atoms with Crippen LogP contribution in [0, 0.1) is 10.1 Å². The molecule has 9 nitrogen and oxygen atoms in total. The van der Waals surface area contributed by atoms with Crippen LogP contribution in [-0.4, -0.2) is 51.0 Å². The number of hydrogen-bond donors (Lipinski definition) is 2. The van der Waals surface area contributed by atoms with Gasteiger partial charge in [-0.15, -0.1) is 0 Å². The Hall–Kier alpha value is -2.69. The van der Waals surface area contributed by atoms with Crippen LogP contribution in [0.2, 0.25) is 0 Å². The number of nitro groups is 1. The van der Waals surface area contributed by atoms with Crippen LogP contribution >= 0.6 is 0 Å². The van der Waals surface area contributed by atoms with E-state index in [9.17, 15) is 18.5 Å². The standard InChI is InChI=1S/C22H30N4O5S/c1-16(2)24-32(29,30)17-10-11-19(20(14-17)26(27)28)23-15-21(25-12-6-7-13-25)18-8-4-5-9-22(18)31-3/h4-5,8-11,14,16,21,23-24H,6-7,12-13,15H2,1-3H3. The van der Waals surface area contributed by atoms with Crippen molar-refractivity contribution in [1.29, 1.82) is 0 Å². The number of hydrogen-bond acceptors (Lipinski definition) is 7. The first-order valence-electron chi connectivity index (χ1n) is 10.6. The maximum Gasteiger partial charge on any atom is 0.293 e. The van der Waals surface area contributed by atoms with Gasteiger partial charge in [0.15, 0.2) is 0 Å². The molecule has 0 radical (unpaired) electrons. The maximum atomic E-state index is 12.4. The summed E-state index contributed by atoms with van der Waals surface area (Å²) in [5.74, 6) is 0.766. The minimum atomic E-state index is -3.84. The molecular weight excluding hydrogens is 432 g/mol. The van der Waals surface area contributed by atoms with Crippen LogP contribution in [0.1, 0.15) is 38.3 Å². The number of ether oxygens (including phenoxy) is 1. The van der Waals surface area contributed by atoms with E-state index < -0.39 is 14.9 Å². The van der Waals surface area contributed by atoms with Crippen molar-refractivity contribution in [2.24, 2.45) is 0 Å². The third kappa shape index (κ3) is 5.56. The van der Waals surface area contributed by atoms with Crippen molar-refractivity contribution >= 4 is 21.4 Å². The molecule has 174 valence electrons. The smallest absolute Gasteiger partial charge is 0.293 e. The summed E-state index contributed by atoms with van der Waals surface area (Å²) >= 11 is 0. The van der Waals surface area contributed by atoms with Crippen LogP contribution in [-0.2, 0) is 10.0 Å². The largest absolute Gasteiger partial charge is 0.496 e. The first kappa shape index (κ1) is 24.0. The Kier molecular flexibility index (Phi) is 7.70. The average molecular weight is 463 g/mol. The lowest BCUT2D eigenvalue weighted by molar-refractivity contribution is -0.384. The lowest BCUT2D eigenvalue weighted by atomic mass is 10.0. The molecule has 1 saturated heterocycles. The van der Waals surface area contributed by atoms with E-state index in [-0.39, 0.29) is 28.4 Å². The highest BCUT2D eigenvalue weighted by Gasteiger charge is 2.27. The molecular formula is C22H30N4O5S. The molecule has 0 aliphatic carbocycles. The molecule has 3 rings (SSSR count). The van der Waals surface area contributed by atoms with Gasteiger partial charge in [-0.2, -0.15) is 0 Å². The van der Waals surface area contributed by atoms with Gasteiger partial charge in [0.05, 0.1) is 23.0 Å². The molecule has 0 bridgehead atoms. The quantitative estimate of drug-likeness (QED) is 0.410. The molecule has 32 heavy (non-hydrogen) atoms. The predicted octanol–water partition coefficient (Wildman–Crippen LogP) is 3.54. The number of nitrogens with zero attached hydrogens (tertiary/aromatic N) is 2. The summed E-state index contributed by atoms with van der Waals surface area (Å²) in [6.07, 6.45) is 2.20. The number of likely N-dealkylation sites (tertiary alicyclic amines) is 1. The van der Waals surface area contributed by atoms with E-state index in [0.29, 0.717) is 6.54 Å². The van der Waals surface area contributed by atoms with Crippen molar-refractivity contribution in [3.8, 4) is 5.75 Å². The number of benzene rings is 2. The van der Waals surface area contributed by atoms with Gasteiger partial charge in [0.1, 0.15) is 11.4 Å². The Morgan fingerprint density at radius 1 is 1.16 bits per heavy atom. The molecule has 0 amide bonds. The van der Waals surface area contributed by atoms with Gasteiger partial charge >= 0.3 is 0 Å². The number of rotatable bonds is 10. The van der Waals surface area contributed by atoms with Gasteiger partial charge in [-0.25, -0.2) is 13.1 Å². The summed E-state index contributed by atoms with van der Waals surface area (Å²) in [5, 5.41) is 14.9. The fourth-order valence-corrected chi connectivity index (χ4v) is 5.27. The second kappa shape index (κ2) is 10.3. The first-order chi connectivity index (χ1) is 15.2. The summed E-state index contributed by atoms with van der Waals surface area (Å²) in [6, 6.07) is 11.3. The number of methoxy groups -OCH3 is 1. The van der Waals surface area contributed by atoms with Crippen molar-refractivity contribution in [1.82, 2.24) is 9.62 Å². The molecule has 0 spiro atoms. The monoisotopic (exact) mass is 462 g/mol. The molecule has 0 aromatic heterocycles. The van der Waals surface area contributed by atoms with Crippen LogP contribution in [0.15, 0.2) is 47.4 Å². The third-order valence-electron chi connectivity index (χ3n) is 5.43. The zero-order valence-electron chi connectivity index (χ0n) is 18.6. The van der Waals surface area contributed by atoms with Crippen molar-refractivity contribution in [2.75, 3.05) is 32.1 Å². The first-order valence-corrected chi connectivity index (χ1v) is 12.1. The number of nitro benzene ring substituents is 1. The number of para-hydroxylation sites is 1. The SMILES string of the molecule is COc1ccccc1C(CNc1ccc(S(=O)(=O)NC(C)C)cc1[N+](=O)[O-])N1CCCC1. The summed E-state index contributed by atoms with van der Waals surface area (Å²) < 4.78 is 32.9. The van der Waals surface area contributed by atoms with Crippen LogP contribution in [0.4, 0.5) is 11.4 Å². The van der Waals surface area contributed by atoms with E-state index in [2.05, 4.69) is 14.9 Å². The van der Waals surface area contributed by atoms with E-state index in [1.165, 1.54) is 12.1 Å². The van der Waals surface area contributed by atoms with Gasteiger partial charge in [-0.1, -0.05) is 18.2 Å². The topological polar surface area (TPSA) is 114 Å². The number of anilines is 1. The van der Waals surface area contributed by atoms with E-state index >= 15 is 0 Å². The summed E-state index contributed by atoms with van der Waals surface area (Å²) in [5.41, 5.74) is 1.00. The molecule has 2 aromatic rings. The van der Waals surface area contributed by atoms with Gasteiger partial charge in [0, 0.05) is 24.2 Å². The highest BCUT2D eigenvalue weighted by molar-refractivity contribution is 7.89. The van der Waals surface area contributed by atoms with Crippen molar-refractivity contribution in [3.05, 3.63) is 58.1 Å². The lowest BCUT2D eigenvalue weighted by Gasteiger charge is -2.29. The predicted molar refractivity (Wildman–Crippen MR) is 124 cm³/mol. The average Bonchev–Trinajstić information content (AvgIpc) is 3.27. The Bertz CT molecular complexity index is 1050. The van der Waals surface area contributed by atoms with Gasteiger partial charge in [0.2, 0.25) is 10.0 Å². The molecule has 1 aliphatic heterocycles.